The van der Waals surface area contributed by atoms with Gasteiger partial charge in [0.1, 0.15) is 5.82 Å². The Morgan fingerprint density at radius 2 is 2.15 bits per heavy atom. The van der Waals surface area contributed by atoms with Crippen LogP contribution in [0.15, 0.2) is 12.1 Å². The highest BCUT2D eigenvalue weighted by Crippen LogP contribution is 2.24. The molecule has 112 valence electrons. The number of nitrogen functional groups attached to an aromatic ring is 1. The van der Waals surface area contributed by atoms with Gasteiger partial charge in [-0.3, -0.25) is 0 Å². The minimum Gasteiger partial charge on any atom is -0.473 e. The van der Waals surface area contributed by atoms with E-state index in [1.807, 2.05) is 13.8 Å². The third kappa shape index (κ3) is 3.98. The molecule has 2 rings (SSSR count). The van der Waals surface area contributed by atoms with E-state index in [0.717, 1.165) is 0 Å². The highest BCUT2D eigenvalue weighted by Gasteiger charge is 2.29. The molecule has 0 radical (unpaired) electrons. The molecule has 1 aromatic rings. The molecule has 4 N–H and O–H groups in total. The summed E-state index contributed by atoms with van der Waals surface area (Å²) in [5.41, 5.74) is 5.59. The van der Waals surface area contributed by atoms with E-state index in [1.54, 1.807) is 12.1 Å². The van der Waals surface area contributed by atoms with Crippen LogP contribution >= 0.6 is 0 Å². The van der Waals surface area contributed by atoms with E-state index in [2.05, 4.69) is 10.3 Å². The number of aliphatic hydroxyl groups is 1. The van der Waals surface area contributed by atoms with Gasteiger partial charge in [0.2, 0.25) is 5.88 Å². The SMILES string of the molecule is CC(C)Oc1nc(NCC2(O)CCOCC2)ccc1N. The van der Waals surface area contributed by atoms with Crippen LogP contribution in [-0.2, 0) is 4.74 Å². The maximum atomic E-state index is 10.4. The van der Waals surface area contributed by atoms with Gasteiger partial charge in [-0.15, -0.1) is 0 Å². The Bertz CT molecular complexity index is 445. The number of hydrogen-bond acceptors (Lipinski definition) is 6. The minimum atomic E-state index is -0.736. The van der Waals surface area contributed by atoms with E-state index in [-0.39, 0.29) is 6.10 Å². The molecule has 1 aromatic heterocycles. The first-order valence-electron chi connectivity index (χ1n) is 6.96. The third-order valence-corrected chi connectivity index (χ3v) is 3.26. The average molecular weight is 281 g/mol. The van der Waals surface area contributed by atoms with Crippen LogP contribution < -0.4 is 15.8 Å². The molecule has 6 nitrogen and oxygen atoms in total. The van der Waals surface area contributed by atoms with Gasteiger partial charge in [0.05, 0.1) is 17.4 Å². The van der Waals surface area contributed by atoms with Gasteiger partial charge < -0.3 is 25.6 Å². The maximum absolute atomic E-state index is 10.4. The first kappa shape index (κ1) is 14.9. The zero-order valence-corrected chi connectivity index (χ0v) is 12.1. The highest BCUT2D eigenvalue weighted by molar-refractivity contribution is 5.53. The molecule has 20 heavy (non-hydrogen) atoms. The molecule has 0 atom stereocenters. The Morgan fingerprint density at radius 1 is 1.45 bits per heavy atom. The Labute approximate surface area is 119 Å². The monoisotopic (exact) mass is 281 g/mol. The Morgan fingerprint density at radius 3 is 2.80 bits per heavy atom. The maximum Gasteiger partial charge on any atom is 0.239 e. The van der Waals surface area contributed by atoms with Crippen molar-refractivity contribution in [3.63, 3.8) is 0 Å². The fourth-order valence-corrected chi connectivity index (χ4v) is 2.05. The lowest BCUT2D eigenvalue weighted by Gasteiger charge is -2.32. The molecule has 0 amide bonds. The molecule has 0 aliphatic carbocycles. The van der Waals surface area contributed by atoms with Crippen molar-refractivity contribution in [3.8, 4) is 5.88 Å². The van der Waals surface area contributed by atoms with Crippen LogP contribution in [0.25, 0.3) is 0 Å². The molecule has 1 aliphatic rings. The van der Waals surface area contributed by atoms with E-state index in [1.165, 1.54) is 0 Å². The Kier molecular flexibility index (Phi) is 4.67. The van der Waals surface area contributed by atoms with Crippen LogP contribution in [-0.4, -0.2) is 41.6 Å². The van der Waals surface area contributed by atoms with Crippen molar-refractivity contribution in [1.82, 2.24) is 4.98 Å². The molecule has 1 fully saturated rings. The number of rotatable bonds is 5. The van der Waals surface area contributed by atoms with Crippen molar-refractivity contribution >= 4 is 11.5 Å². The lowest BCUT2D eigenvalue weighted by molar-refractivity contribution is -0.0543. The van der Waals surface area contributed by atoms with Crippen LogP contribution in [0.2, 0.25) is 0 Å². The summed E-state index contributed by atoms with van der Waals surface area (Å²) in [5.74, 6) is 1.07. The van der Waals surface area contributed by atoms with Gasteiger partial charge in [0.25, 0.3) is 0 Å². The number of nitrogens with zero attached hydrogens (tertiary/aromatic N) is 1. The molecule has 6 heteroatoms. The van der Waals surface area contributed by atoms with Gasteiger partial charge in [0, 0.05) is 32.6 Å². The lowest BCUT2D eigenvalue weighted by atomic mass is 9.94. The molecule has 0 saturated carbocycles. The normalized spacial score (nSPS) is 18.0. The predicted octanol–water partition coefficient (Wildman–Crippen LogP) is 1.40. The Hall–Kier alpha value is -1.53. The standard InChI is InChI=1S/C14H23N3O3/c1-10(2)20-13-11(15)3-4-12(17-13)16-9-14(18)5-7-19-8-6-14/h3-4,10,18H,5-9,15H2,1-2H3,(H,16,17). The van der Waals surface area contributed by atoms with Crippen LogP contribution in [0, 0.1) is 0 Å². The number of pyridine rings is 1. The van der Waals surface area contributed by atoms with Crippen molar-refractivity contribution in [2.24, 2.45) is 0 Å². The summed E-state index contributed by atoms with van der Waals surface area (Å²) < 4.78 is 10.8. The average Bonchev–Trinajstić information content (AvgIpc) is 2.40. The summed E-state index contributed by atoms with van der Waals surface area (Å²) in [6.07, 6.45) is 1.27. The zero-order valence-electron chi connectivity index (χ0n) is 12.1. The van der Waals surface area contributed by atoms with Gasteiger partial charge in [-0.1, -0.05) is 0 Å². The predicted molar refractivity (Wildman–Crippen MR) is 77.9 cm³/mol. The summed E-state index contributed by atoms with van der Waals surface area (Å²) >= 11 is 0. The van der Waals surface area contributed by atoms with Crippen molar-refractivity contribution in [2.45, 2.75) is 38.4 Å². The first-order chi connectivity index (χ1) is 9.48. The second-order valence-electron chi connectivity index (χ2n) is 5.45. The number of ether oxygens (including phenoxy) is 2. The van der Waals surface area contributed by atoms with E-state index >= 15 is 0 Å². The second kappa shape index (κ2) is 6.28. The van der Waals surface area contributed by atoms with E-state index in [9.17, 15) is 5.11 Å². The van der Waals surface area contributed by atoms with Crippen LogP contribution in [0.4, 0.5) is 11.5 Å². The zero-order chi connectivity index (χ0) is 14.6. The first-order valence-corrected chi connectivity index (χ1v) is 6.96. The number of nitrogens with two attached hydrogens (primary N) is 1. The van der Waals surface area contributed by atoms with Gasteiger partial charge in [-0.25, -0.2) is 0 Å². The molecule has 2 heterocycles. The molecular formula is C14H23N3O3. The molecule has 1 aliphatic heterocycles. The molecule has 0 unspecified atom stereocenters. The van der Waals surface area contributed by atoms with Crippen LogP contribution in [0.5, 0.6) is 5.88 Å². The fourth-order valence-electron chi connectivity index (χ4n) is 2.05. The Balaban J connectivity index is 1.98. The number of nitrogens with one attached hydrogen (secondary N) is 1. The van der Waals surface area contributed by atoms with Crippen LogP contribution in [0.1, 0.15) is 26.7 Å². The highest BCUT2D eigenvalue weighted by atomic mass is 16.5. The van der Waals surface area contributed by atoms with E-state index in [0.29, 0.717) is 50.0 Å². The minimum absolute atomic E-state index is 0.0136. The summed E-state index contributed by atoms with van der Waals surface area (Å²) in [7, 11) is 0. The van der Waals surface area contributed by atoms with Crippen molar-refractivity contribution in [3.05, 3.63) is 12.1 Å². The van der Waals surface area contributed by atoms with Gasteiger partial charge in [0.15, 0.2) is 0 Å². The topological polar surface area (TPSA) is 89.6 Å². The summed E-state index contributed by atoms with van der Waals surface area (Å²) in [4.78, 5) is 4.33. The molecule has 1 saturated heterocycles. The second-order valence-corrected chi connectivity index (χ2v) is 5.45. The van der Waals surface area contributed by atoms with Crippen molar-refractivity contribution in [1.29, 1.82) is 0 Å². The summed E-state index contributed by atoms with van der Waals surface area (Å²) in [5, 5.41) is 13.5. The molecular weight excluding hydrogens is 258 g/mol. The van der Waals surface area contributed by atoms with Crippen molar-refractivity contribution < 1.29 is 14.6 Å². The number of anilines is 2. The summed E-state index contributed by atoms with van der Waals surface area (Å²) in [6, 6.07) is 3.53. The third-order valence-electron chi connectivity index (χ3n) is 3.26. The fraction of sp³-hybridized carbons (Fsp3) is 0.643. The summed E-state index contributed by atoms with van der Waals surface area (Å²) in [6.45, 7) is 5.47. The molecule has 0 aromatic carbocycles. The largest absolute Gasteiger partial charge is 0.473 e. The molecule has 0 bridgehead atoms. The number of aromatic nitrogens is 1. The quantitative estimate of drug-likeness (QED) is 0.756. The number of hydrogen-bond donors (Lipinski definition) is 3. The van der Waals surface area contributed by atoms with E-state index < -0.39 is 5.60 Å². The lowest BCUT2D eigenvalue weighted by Crippen LogP contribution is -2.42. The van der Waals surface area contributed by atoms with Crippen LogP contribution in [0.3, 0.4) is 0 Å². The van der Waals surface area contributed by atoms with E-state index in [4.69, 9.17) is 15.2 Å². The molecule has 0 spiro atoms. The van der Waals surface area contributed by atoms with Gasteiger partial charge in [-0.05, 0) is 26.0 Å². The smallest absolute Gasteiger partial charge is 0.239 e. The van der Waals surface area contributed by atoms with Gasteiger partial charge in [-0.2, -0.15) is 4.98 Å². The van der Waals surface area contributed by atoms with Crippen molar-refractivity contribution in [2.75, 3.05) is 30.8 Å². The van der Waals surface area contributed by atoms with Gasteiger partial charge >= 0.3 is 0 Å².